The standard InChI is InChI=1S/C9H11BrS/c1-6-3-4-8(7(2)11)5-9(6)10/h3-5,7,11H,1-2H3. The van der Waals surface area contributed by atoms with Crippen molar-refractivity contribution in [3.63, 3.8) is 0 Å². The van der Waals surface area contributed by atoms with Crippen molar-refractivity contribution in [2.24, 2.45) is 0 Å². The number of hydrogen-bond donors (Lipinski definition) is 1. The highest BCUT2D eigenvalue weighted by atomic mass is 79.9. The van der Waals surface area contributed by atoms with Crippen LogP contribution < -0.4 is 0 Å². The van der Waals surface area contributed by atoms with Crippen LogP contribution in [0.5, 0.6) is 0 Å². The molecule has 0 aliphatic rings. The van der Waals surface area contributed by atoms with Crippen molar-refractivity contribution >= 4 is 28.6 Å². The Morgan fingerprint density at radius 1 is 1.45 bits per heavy atom. The van der Waals surface area contributed by atoms with Gasteiger partial charge in [0.15, 0.2) is 0 Å². The fourth-order valence-electron chi connectivity index (χ4n) is 0.869. The van der Waals surface area contributed by atoms with E-state index >= 15 is 0 Å². The first-order valence-corrected chi connectivity index (χ1v) is 4.86. The maximum atomic E-state index is 4.35. The predicted molar refractivity (Wildman–Crippen MR) is 56.3 cm³/mol. The molecule has 1 aromatic carbocycles. The maximum Gasteiger partial charge on any atom is 0.0239 e. The first-order chi connectivity index (χ1) is 5.11. The van der Waals surface area contributed by atoms with Crippen LogP contribution in [-0.2, 0) is 0 Å². The van der Waals surface area contributed by atoms with E-state index in [0.29, 0.717) is 5.25 Å². The van der Waals surface area contributed by atoms with E-state index in [1.165, 1.54) is 11.1 Å². The van der Waals surface area contributed by atoms with Gasteiger partial charge in [0.05, 0.1) is 0 Å². The van der Waals surface area contributed by atoms with Gasteiger partial charge in [-0.1, -0.05) is 28.1 Å². The number of halogens is 1. The second kappa shape index (κ2) is 3.63. The molecule has 0 radical (unpaired) electrons. The average molecular weight is 231 g/mol. The van der Waals surface area contributed by atoms with E-state index in [2.05, 4.69) is 60.6 Å². The van der Waals surface area contributed by atoms with Crippen molar-refractivity contribution in [3.8, 4) is 0 Å². The van der Waals surface area contributed by atoms with Crippen LogP contribution in [0.3, 0.4) is 0 Å². The highest BCUT2D eigenvalue weighted by Gasteiger charge is 2.00. The third-order valence-electron chi connectivity index (χ3n) is 1.68. The van der Waals surface area contributed by atoms with Crippen LogP contribution >= 0.6 is 28.6 Å². The zero-order valence-corrected chi connectivity index (χ0v) is 9.12. The molecule has 0 saturated carbocycles. The highest BCUT2D eigenvalue weighted by molar-refractivity contribution is 9.10. The van der Waals surface area contributed by atoms with Crippen molar-refractivity contribution in [1.82, 2.24) is 0 Å². The monoisotopic (exact) mass is 230 g/mol. The van der Waals surface area contributed by atoms with Crippen LogP contribution in [0.1, 0.15) is 23.3 Å². The van der Waals surface area contributed by atoms with Crippen molar-refractivity contribution in [1.29, 1.82) is 0 Å². The molecule has 0 amide bonds. The van der Waals surface area contributed by atoms with Crippen LogP contribution in [0.25, 0.3) is 0 Å². The fraction of sp³-hybridized carbons (Fsp3) is 0.333. The Hall–Kier alpha value is 0.0500. The molecule has 1 atom stereocenters. The number of benzene rings is 1. The van der Waals surface area contributed by atoms with Crippen LogP contribution in [-0.4, -0.2) is 0 Å². The summed E-state index contributed by atoms with van der Waals surface area (Å²) in [6.45, 7) is 4.15. The van der Waals surface area contributed by atoms with E-state index in [0.717, 1.165) is 4.47 Å². The Balaban J connectivity index is 3.05. The lowest BCUT2D eigenvalue weighted by atomic mass is 10.1. The van der Waals surface area contributed by atoms with E-state index in [-0.39, 0.29) is 0 Å². The van der Waals surface area contributed by atoms with Crippen LogP contribution in [0.15, 0.2) is 22.7 Å². The molecule has 0 aliphatic carbocycles. The number of hydrogen-bond acceptors (Lipinski definition) is 1. The molecule has 0 bridgehead atoms. The summed E-state index contributed by atoms with van der Waals surface area (Å²) in [5.74, 6) is 0. The minimum Gasteiger partial charge on any atom is -0.171 e. The molecule has 0 aliphatic heterocycles. The van der Waals surface area contributed by atoms with Crippen LogP contribution in [0.2, 0.25) is 0 Å². The molecule has 1 aromatic rings. The van der Waals surface area contributed by atoms with Gasteiger partial charge in [-0.3, -0.25) is 0 Å². The van der Waals surface area contributed by atoms with Gasteiger partial charge in [-0.25, -0.2) is 0 Å². The molecule has 1 rings (SSSR count). The zero-order valence-electron chi connectivity index (χ0n) is 6.63. The smallest absolute Gasteiger partial charge is 0.0239 e. The van der Waals surface area contributed by atoms with E-state index in [1.54, 1.807) is 0 Å². The quantitative estimate of drug-likeness (QED) is 0.699. The Morgan fingerprint density at radius 2 is 2.09 bits per heavy atom. The topological polar surface area (TPSA) is 0 Å². The first kappa shape index (κ1) is 9.14. The highest BCUT2D eigenvalue weighted by Crippen LogP contribution is 2.24. The summed E-state index contributed by atoms with van der Waals surface area (Å²) >= 11 is 7.83. The average Bonchev–Trinajstić information content (AvgIpc) is 1.94. The van der Waals surface area contributed by atoms with Gasteiger partial charge in [-0.2, -0.15) is 12.6 Å². The largest absolute Gasteiger partial charge is 0.171 e. The van der Waals surface area contributed by atoms with Gasteiger partial charge < -0.3 is 0 Å². The summed E-state index contributed by atoms with van der Waals surface area (Å²) in [5, 5.41) is 0.312. The number of rotatable bonds is 1. The van der Waals surface area contributed by atoms with Crippen LogP contribution in [0.4, 0.5) is 0 Å². The molecule has 0 N–H and O–H groups in total. The maximum absolute atomic E-state index is 4.35. The second-order valence-corrected chi connectivity index (χ2v) is 4.31. The lowest BCUT2D eigenvalue weighted by Gasteiger charge is -2.05. The number of aryl methyl sites for hydroxylation is 1. The van der Waals surface area contributed by atoms with Crippen molar-refractivity contribution in [2.45, 2.75) is 19.1 Å². The van der Waals surface area contributed by atoms with E-state index < -0.39 is 0 Å². The molecule has 0 heterocycles. The lowest BCUT2D eigenvalue weighted by Crippen LogP contribution is -1.85. The molecule has 1 unspecified atom stereocenters. The molecule has 11 heavy (non-hydrogen) atoms. The van der Waals surface area contributed by atoms with E-state index in [4.69, 9.17) is 0 Å². The number of thiol groups is 1. The molecule has 0 nitrogen and oxygen atoms in total. The van der Waals surface area contributed by atoms with E-state index in [1.807, 2.05) is 0 Å². The molecule has 0 aromatic heterocycles. The molecule has 60 valence electrons. The molecular formula is C9H11BrS. The third kappa shape index (κ3) is 2.24. The summed E-state index contributed by atoms with van der Waals surface area (Å²) < 4.78 is 1.16. The zero-order chi connectivity index (χ0) is 8.43. The van der Waals surface area contributed by atoms with Gasteiger partial charge in [0.2, 0.25) is 0 Å². The normalized spacial score (nSPS) is 13.1. The van der Waals surface area contributed by atoms with E-state index in [9.17, 15) is 0 Å². The summed E-state index contributed by atoms with van der Waals surface area (Å²) in [7, 11) is 0. The minimum atomic E-state index is 0.312. The molecule has 0 fully saturated rings. The van der Waals surface area contributed by atoms with Gasteiger partial charge in [0.1, 0.15) is 0 Å². The summed E-state index contributed by atoms with van der Waals surface area (Å²) in [4.78, 5) is 0. The molecule has 0 spiro atoms. The Morgan fingerprint density at radius 3 is 2.55 bits per heavy atom. The van der Waals surface area contributed by atoms with Gasteiger partial charge >= 0.3 is 0 Å². The summed E-state index contributed by atoms with van der Waals surface area (Å²) in [5.41, 5.74) is 2.52. The molecular weight excluding hydrogens is 220 g/mol. The van der Waals surface area contributed by atoms with Crippen molar-refractivity contribution < 1.29 is 0 Å². The first-order valence-electron chi connectivity index (χ1n) is 3.55. The Kier molecular flexibility index (Phi) is 3.02. The van der Waals surface area contributed by atoms with Crippen LogP contribution in [0, 0.1) is 6.92 Å². The Labute approximate surface area is 81.5 Å². The minimum absolute atomic E-state index is 0.312. The van der Waals surface area contributed by atoms with Crippen molar-refractivity contribution in [2.75, 3.05) is 0 Å². The lowest BCUT2D eigenvalue weighted by molar-refractivity contribution is 1.10. The van der Waals surface area contributed by atoms with Gasteiger partial charge in [0, 0.05) is 9.72 Å². The van der Waals surface area contributed by atoms with Crippen molar-refractivity contribution in [3.05, 3.63) is 33.8 Å². The fourth-order valence-corrected chi connectivity index (χ4v) is 1.43. The SMILES string of the molecule is Cc1ccc(C(C)S)cc1Br. The van der Waals surface area contributed by atoms with Gasteiger partial charge in [0.25, 0.3) is 0 Å². The molecule has 2 heteroatoms. The van der Waals surface area contributed by atoms with Gasteiger partial charge in [-0.15, -0.1) is 0 Å². The Bertz CT molecular complexity index is 256. The predicted octanol–water partition coefficient (Wildman–Crippen LogP) is 3.75. The summed E-state index contributed by atoms with van der Waals surface area (Å²) in [6.07, 6.45) is 0. The second-order valence-electron chi connectivity index (χ2n) is 2.68. The van der Waals surface area contributed by atoms with Gasteiger partial charge in [-0.05, 0) is 31.0 Å². The molecule has 0 saturated heterocycles. The third-order valence-corrected chi connectivity index (χ3v) is 2.83. The summed E-state index contributed by atoms with van der Waals surface area (Å²) in [6, 6.07) is 6.33.